The SMILES string of the molecule is C[Si]1(C)c2ccccc2-c2c(-c3ccc(-c4nc(-c5ccccc5)nc(-c5ccc(-c6cccc7ccccc67)cc5)n4)cc3)cc3c(c21)C1(c2ccccc2-3)C2CC3CC(C2)CC1C3. The van der Waals surface area contributed by atoms with Crippen LogP contribution in [0.15, 0.2) is 176 Å². The van der Waals surface area contributed by atoms with E-state index in [-0.39, 0.29) is 5.41 Å². The predicted molar refractivity (Wildman–Crippen MR) is 270 cm³/mol. The average Bonchev–Trinajstić information content (AvgIpc) is 3.78. The zero-order chi connectivity index (χ0) is 43.0. The van der Waals surface area contributed by atoms with Gasteiger partial charge in [0.05, 0.1) is 0 Å². The Morgan fingerprint density at radius 2 is 0.938 bits per heavy atom. The van der Waals surface area contributed by atoms with Crippen molar-refractivity contribution in [1.29, 1.82) is 0 Å². The molecule has 0 saturated heterocycles. The summed E-state index contributed by atoms with van der Waals surface area (Å²) in [7, 11) is -2.11. The third kappa shape index (κ3) is 5.38. The molecule has 5 aliphatic carbocycles. The summed E-state index contributed by atoms with van der Waals surface area (Å²) in [6, 6.07) is 64.9. The van der Waals surface area contributed by atoms with E-state index in [0.717, 1.165) is 40.4 Å². The van der Waals surface area contributed by atoms with Crippen LogP contribution in [0.25, 0.3) is 89.4 Å². The third-order valence-electron chi connectivity index (χ3n) is 16.7. The maximum absolute atomic E-state index is 5.20. The quantitative estimate of drug-likeness (QED) is 0.162. The van der Waals surface area contributed by atoms with Gasteiger partial charge in [-0.3, -0.25) is 0 Å². The van der Waals surface area contributed by atoms with Crippen LogP contribution in [0.5, 0.6) is 0 Å². The Balaban J connectivity index is 0.911. The molecule has 3 nitrogen and oxygen atoms in total. The van der Waals surface area contributed by atoms with Gasteiger partial charge >= 0.3 is 0 Å². The fraction of sp³-hybridized carbons (Fsp3) is 0.197. The van der Waals surface area contributed by atoms with E-state index in [4.69, 9.17) is 15.0 Å². The zero-order valence-corrected chi connectivity index (χ0v) is 37.9. The van der Waals surface area contributed by atoms with Crippen molar-refractivity contribution >= 4 is 29.2 Å². The molecule has 6 aliphatic rings. The number of hydrogen-bond acceptors (Lipinski definition) is 3. The molecular formula is C61H49N3Si. The number of aromatic nitrogens is 3. The zero-order valence-electron chi connectivity index (χ0n) is 36.9. The van der Waals surface area contributed by atoms with E-state index >= 15 is 0 Å². The van der Waals surface area contributed by atoms with Crippen LogP contribution in [0.3, 0.4) is 0 Å². The number of nitrogens with zero attached hydrogens (tertiary/aromatic N) is 3. The van der Waals surface area contributed by atoms with Gasteiger partial charge in [-0.2, -0.15) is 0 Å². The van der Waals surface area contributed by atoms with E-state index in [2.05, 4.69) is 171 Å². The van der Waals surface area contributed by atoms with Gasteiger partial charge < -0.3 is 0 Å². The van der Waals surface area contributed by atoms with Gasteiger partial charge in [0.2, 0.25) is 0 Å². The second kappa shape index (κ2) is 13.9. The lowest BCUT2D eigenvalue weighted by Gasteiger charge is -2.61. The summed E-state index contributed by atoms with van der Waals surface area (Å²) in [6.07, 6.45) is 7.06. The van der Waals surface area contributed by atoms with E-state index in [0.29, 0.717) is 17.5 Å². The van der Waals surface area contributed by atoms with E-state index in [1.807, 2.05) is 18.2 Å². The normalized spacial score (nSPS) is 22.5. The Morgan fingerprint density at radius 3 is 1.62 bits per heavy atom. The molecular weight excluding hydrogens is 803 g/mol. The van der Waals surface area contributed by atoms with Gasteiger partial charge in [-0.05, 0) is 139 Å². The summed E-state index contributed by atoms with van der Waals surface area (Å²) in [4.78, 5) is 15.4. The maximum Gasteiger partial charge on any atom is 0.164 e. The van der Waals surface area contributed by atoms with Gasteiger partial charge in [0.1, 0.15) is 8.07 Å². The molecule has 1 spiro atoms. The average molecular weight is 852 g/mol. The highest BCUT2D eigenvalue weighted by Crippen LogP contribution is 2.70. The molecule has 9 aromatic rings. The van der Waals surface area contributed by atoms with Gasteiger partial charge in [-0.1, -0.05) is 183 Å². The van der Waals surface area contributed by atoms with Gasteiger partial charge in [0.25, 0.3) is 0 Å². The lowest BCUT2D eigenvalue weighted by atomic mass is 9.43. The molecule has 8 aromatic carbocycles. The van der Waals surface area contributed by atoms with Crippen LogP contribution in [-0.4, -0.2) is 23.0 Å². The van der Waals surface area contributed by atoms with Gasteiger partial charge in [0.15, 0.2) is 17.5 Å². The van der Waals surface area contributed by atoms with Crippen LogP contribution < -0.4 is 10.4 Å². The summed E-state index contributed by atoms with van der Waals surface area (Å²) in [5, 5.41) is 5.80. The van der Waals surface area contributed by atoms with Crippen molar-refractivity contribution in [1.82, 2.24) is 15.0 Å². The Labute approximate surface area is 382 Å². The molecule has 0 radical (unpaired) electrons. The molecule has 0 unspecified atom stereocenters. The molecule has 1 aromatic heterocycles. The van der Waals surface area contributed by atoms with Crippen LogP contribution in [0.2, 0.25) is 13.1 Å². The van der Waals surface area contributed by atoms with E-state index in [9.17, 15) is 0 Å². The summed E-state index contributed by atoms with van der Waals surface area (Å²) in [6.45, 7) is 5.30. The molecule has 0 atom stereocenters. The smallest absolute Gasteiger partial charge is 0.164 e. The first-order chi connectivity index (χ1) is 31.9. The first-order valence-electron chi connectivity index (χ1n) is 23.9. The predicted octanol–water partition coefficient (Wildman–Crippen LogP) is 13.9. The van der Waals surface area contributed by atoms with Crippen molar-refractivity contribution in [2.24, 2.45) is 23.7 Å². The Kier molecular flexibility index (Phi) is 8.03. The topological polar surface area (TPSA) is 38.7 Å². The Morgan fingerprint density at radius 1 is 0.431 bits per heavy atom. The van der Waals surface area contributed by atoms with Crippen LogP contribution in [0.4, 0.5) is 0 Å². The molecule has 0 amide bonds. The van der Waals surface area contributed by atoms with Crippen molar-refractivity contribution in [3.05, 3.63) is 187 Å². The second-order valence-corrected chi connectivity index (χ2v) is 24.6. The van der Waals surface area contributed by atoms with Crippen molar-refractivity contribution in [3.63, 3.8) is 0 Å². The largest absolute Gasteiger partial charge is 0.208 e. The lowest BCUT2D eigenvalue weighted by molar-refractivity contribution is -0.0395. The monoisotopic (exact) mass is 851 g/mol. The second-order valence-electron chi connectivity index (χ2n) is 20.3. The van der Waals surface area contributed by atoms with Gasteiger partial charge in [-0.25, -0.2) is 15.0 Å². The van der Waals surface area contributed by atoms with Gasteiger partial charge in [0, 0.05) is 22.1 Å². The summed E-state index contributed by atoms with van der Waals surface area (Å²) in [5.41, 5.74) is 17.4. The first-order valence-corrected chi connectivity index (χ1v) is 26.9. The highest BCUT2D eigenvalue weighted by atomic mass is 28.3. The van der Waals surface area contributed by atoms with Crippen LogP contribution in [0.1, 0.15) is 43.2 Å². The minimum Gasteiger partial charge on any atom is -0.208 e. The highest BCUT2D eigenvalue weighted by Gasteiger charge is 2.63. The standard InChI is InChI=1S/C61H49N3Si/c1-65(2)54-22-11-9-19-50(54)55-51(36-52-49-18-8-10-21-53(49)61(56(52)57(55)65)45-32-37-31-38(34-45)35-46(61)33-37)41-25-29-44(30-26-41)60-63-58(42-14-4-3-5-15-42)62-59(64-60)43-27-23-40(24-28-43)48-20-12-16-39-13-6-7-17-47(39)48/h3-30,36-38,45-46H,31-35H2,1-2H3. The Bertz CT molecular complexity index is 3370. The molecule has 4 bridgehead atoms. The third-order valence-corrected chi connectivity index (χ3v) is 20.2. The summed E-state index contributed by atoms with van der Waals surface area (Å²) < 4.78 is 0. The molecule has 4 saturated carbocycles. The molecule has 4 fully saturated rings. The van der Waals surface area contributed by atoms with E-state index < -0.39 is 8.07 Å². The first kappa shape index (κ1) is 37.6. The Hall–Kier alpha value is -6.75. The number of rotatable bonds is 5. The molecule has 15 rings (SSSR count). The van der Waals surface area contributed by atoms with Crippen molar-refractivity contribution < 1.29 is 0 Å². The summed E-state index contributed by atoms with van der Waals surface area (Å²) in [5.74, 6) is 5.31. The van der Waals surface area contributed by atoms with E-state index in [1.54, 1.807) is 21.5 Å². The number of fused-ring (bicyclic) bond motifs is 8. The van der Waals surface area contributed by atoms with E-state index in [1.165, 1.54) is 87.4 Å². The van der Waals surface area contributed by atoms with Crippen LogP contribution in [-0.2, 0) is 5.41 Å². The van der Waals surface area contributed by atoms with Gasteiger partial charge in [-0.15, -0.1) is 0 Å². The van der Waals surface area contributed by atoms with Crippen molar-refractivity contribution in [3.8, 4) is 78.7 Å². The molecule has 312 valence electrons. The molecule has 0 N–H and O–H groups in total. The van der Waals surface area contributed by atoms with Crippen molar-refractivity contribution in [2.75, 3.05) is 0 Å². The van der Waals surface area contributed by atoms with Crippen LogP contribution >= 0.6 is 0 Å². The fourth-order valence-corrected chi connectivity index (χ4v) is 17.8. The number of hydrogen-bond donors (Lipinski definition) is 0. The molecule has 4 heteroatoms. The summed E-state index contributed by atoms with van der Waals surface area (Å²) >= 11 is 0. The molecule has 2 heterocycles. The lowest BCUT2D eigenvalue weighted by Crippen LogP contribution is -2.59. The molecule has 65 heavy (non-hydrogen) atoms. The maximum atomic E-state index is 5.20. The van der Waals surface area contributed by atoms with Crippen LogP contribution in [0, 0.1) is 23.7 Å². The minimum atomic E-state index is -2.11. The van der Waals surface area contributed by atoms with Crippen molar-refractivity contribution in [2.45, 2.75) is 50.6 Å². The minimum absolute atomic E-state index is 0.126. The fourth-order valence-electron chi connectivity index (χ4n) is 14.3. The highest BCUT2D eigenvalue weighted by molar-refractivity contribution is 7.04. The number of benzene rings is 8. The molecule has 1 aliphatic heterocycles.